The van der Waals surface area contributed by atoms with Gasteiger partial charge in [0.25, 0.3) is 5.91 Å². The van der Waals surface area contributed by atoms with Crippen LogP contribution in [0.1, 0.15) is 32.9 Å². The van der Waals surface area contributed by atoms with E-state index in [4.69, 9.17) is 0 Å². The summed E-state index contributed by atoms with van der Waals surface area (Å²) in [6.45, 7) is 0. The van der Waals surface area contributed by atoms with E-state index in [2.05, 4.69) is 5.32 Å². The van der Waals surface area contributed by atoms with E-state index in [9.17, 15) is 9.59 Å². The van der Waals surface area contributed by atoms with Crippen LogP contribution in [0.15, 0.2) is 41.8 Å². The fraction of sp³-hybridized carbons (Fsp3) is 0.200. The number of benzene rings is 1. The first-order valence-corrected chi connectivity index (χ1v) is 7.11. The Morgan fingerprint density at radius 1 is 1.16 bits per heavy atom. The Morgan fingerprint density at radius 2 is 2.00 bits per heavy atom. The van der Waals surface area contributed by atoms with Crippen molar-refractivity contribution >= 4 is 28.7 Å². The van der Waals surface area contributed by atoms with Crippen molar-refractivity contribution in [2.45, 2.75) is 12.8 Å². The average molecular weight is 271 g/mol. The highest BCUT2D eigenvalue weighted by Crippen LogP contribution is 2.33. The molecule has 1 amide bonds. The maximum absolute atomic E-state index is 12.0. The molecule has 1 heterocycles. The van der Waals surface area contributed by atoms with Gasteiger partial charge >= 0.3 is 0 Å². The summed E-state index contributed by atoms with van der Waals surface area (Å²) in [6, 6.07) is 10.8. The van der Waals surface area contributed by atoms with Gasteiger partial charge in [0.15, 0.2) is 5.78 Å². The van der Waals surface area contributed by atoms with Crippen LogP contribution in [-0.4, -0.2) is 11.7 Å². The summed E-state index contributed by atoms with van der Waals surface area (Å²) < 4.78 is 0. The minimum atomic E-state index is -0.133. The molecule has 0 unspecified atom stereocenters. The number of nitrogens with one attached hydrogen (secondary N) is 1. The molecule has 0 bridgehead atoms. The number of rotatable bonds is 4. The molecule has 4 heteroatoms. The minimum Gasteiger partial charge on any atom is -0.321 e. The lowest BCUT2D eigenvalue weighted by Crippen LogP contribution is -2.11. The third-order valence-electron chi connectivity index (χ3n) is 3.10. The van der Waals surface area contributed by atoms with Crippen molar-refractivity contribution < 1.29 is 9.59 Å². The van der Waals surface area contributed by atoms with Gasteiger partial charge in [-0.2, -0.15) is 0 Å². The quantitative estimate of drug-likeness (QED) is 0.864. The van der Waals surface area contributed by atoms with E-state index < -0.39 is 0 Å². The second kappa shape index (κ2) is 4.97. The van der Waals surface area contributed by atoms with E-state index >= 15 is 0 Å². The highest BCUT2D eigenvalue weighted by atomic mass is 32.1. The number of anilines is 1. The Labute approximate surface area is 115 Å². The van der Waals surface area contributed by atoms with Gasteiger partial charge < -0.3 is 5.32 Å². The molecular formula is C15H13NO2S. The monoisotopic (exact) mass is 271 g/mol. The molecule has 0 aliphatic heterocycles. The molecule has 1 fully saturated rings. The lowest BCUT2D eigenvalue weighted by Gasteiger charge is -2.05. The first-order valence-electron chi connectivity index (χ1n) is 6.23. The normalized spacial score (nSPS) is 14.1. The number of thiophene rings is 1. The van der Waals surface area contributed by atoms with Gasteiger partial charge in [-0.3, -0.25) is 9.59 Å². The van der Waals surface area contributed by atoms with Crippen LogP contribution in [0.5, 0.6) is 0 Å². The molecule has 0 radical (unpaired) electrons. The molecule has 1 saturated carbocycles. The molecule has 1 aliphatic rings. The number of ketones is 1. The summed E-state index contributed by atoms with van der Waals surface area (Å²) in [6.07, 6.45) is 1.98. The van der Waals surface area contributed by atoms with Gasteiger partial charge in [-0.1, -0.05) is 18.2 Å². The molecule has 0 saturated heterocycles. The highest BCUT2D eigenvalue weighted by molar-refractivity contribution is 7.12. The summed E-state index contributed by atoms with van der Waals surface area (Å²) >= 11 is 1.40. The first kappa shape index (κ1) is 12.1. The van der Waals surface area contributed by atoms with Gasteiger partial charge in [-0.15, -0.1) is 11.3 Å². The lowest BCUT2D eigenvalue weighted by atomic mass is 10.1. The summed E-state index contributed by atoms with van der Waals surface area (Å²) in [5.74, 6) is 0.251. The molecule has 19 heavy (non-hydrogen) atoms. The van der Waals surface area contributed by atoms with Crippen LogP contribution in [0.3, 0.4) is 0 Å². The van der Waals surface area contributed by atoms with Crippen LogP contribution < -0.4 is 5.32 Å². The highest BCUT2D eigenvalue weighted by Gasteiger charge is 2.30. The first-order chi connectivity index (χ1) is 9.24. The average Bonchev–Trinajstić information content (AvgIpc) is 3.12. The Kier molecular flexibility index (Phi) is 3.17. The summed E-state index contributed by atoms with van der Waals surface area (Å²) in [4.78, 5) is 24.5. The van der Waals surface area contributed by atoms with E-state index in [-0.39, 0.29) is 17.6 Å². The fourth-order valence-corrected chi connectivity index (χ4v) is 2.55. The van der Waals surface area contributed by atoms with Crippen molar-refractivity contribution in [2.24, 2.45) is 5.92 Å². The van der Waals surface area contributed by atoms with Crippen LogP contribution in [0.25, 0.3) is 0 Å². The predicted molar refractivity (Wildman–Crippen MR) is 75.8 cm³/mol. The predicted octanol–water partition coefficient (Wildman–Crippen LogP) is 3.59. The third kappa shape index (κ3) is 2.74. The number of amides is 1. The van der Waals surface area contributed by atoms with E-state index in [1.54, 1.807) is 30.3 Å². The molecule has 1 aromatic carbocycles. The lowest BCUT2D eigenvalue weighted by molar-refractivity contribution is 0.0966. The Hall–Kier alpha value is -1.94. The van der Waals surface area contributed by atoms with E-state index in [0.29, 0.717) is 16.1 Å². The molecule has 3 rings (SSSR count). The Balaban J connectivity index is 1.76. The van der Waals surface area contributed by atoms with Gasteiger partial charge in [0.2, 0.25) is 0 Å². The topological polar surface area (TPSA) is 46.2 Å². The van der Waals surface area contributed by atoms with Gasteiger partial charge in [0.05, 0.1) is 4.88 Å². The number of Topliss-reactive ketones (excluding diaryl/α,β-unsaturated/α-hetero) is 1. The molecular weight excluding hydrogens is 258 g/mol. The number of hydrogen-bond acceptors (Lipinski definition) is 3. The van der Waals surface area contributed by atoms with Crippen LogP contribution in [0.2, 0.25) is 0 Å². The van der Waals surface area contributed by atoms with Crippen LogP contribution in [0.4, 0.5) is 5.69 Å². The number of carbonyl (C=O) groups is 2. The summed E-state index contributed by atoms with van der Waals surface area (Å²) in [5.41, 5.74) is 1.36. The zero-order valence-corrected chi connectivity index (χ0v) is 11.1. The maximum atomic E-state index is 12.0. The molecule has 3 nitrogen and oxygen atoms in total. The number of carbonyl (C=O) groups excluding carboxylic acids is 2. The van der Waals surface area contributed by atoms with E-state index in [0.717, 1.165) is 12.8 Å². The Morgan fingerprint density at radius 3 is 2.68 bits per heavy atom. The largest absolute Gasteiger partial charge is 0.321 e. The molecule has 1 N–H and O–H groups in total. The van der Waals surface area contributed by atoms with Crippen LogP contribution in [-0.2, 0) is 0 Å². The van der Waals surface area contributed by atoms with Crippen molar-refractivity contribution in [3.05, 3.63) is 52.2 Å². The van der Waals surface area contributed by atoms with Crippen molar-refractivity contribution in [3.63, 3.8) is 0 Å². The van der Waals surface area contributed by atoms with E-state index in [1.807, 2.05) is 11.4 Å². The molecule has 2 aromatic rings. The van der Waals surface area contributed by atoms with Crippen molar-refractivity contribution in [2.75, 3.05) is 5.32 Å². The zero-order valence-electron chi connectivity index (χ0n) is 10.3. The van der Waals surface area contributed by atoms with Gasteiger partial charge in [0.1, 0.15) is 0 Å². The second-order valence-electron chi connectivity index (χ2n) is 4.65. The standard InChI is InChI=1S/C15H13NO2S/c17-14(10-6-7-10)11-3-1-4-12(9-11)16-15(18)13-5-2-8-19-13/h1-5,8-10H,6-7H2,(H,16,18). The third-order valence-corrected chi connectivity index (χ3v) is 3.97. The molecule has 1 aromatic heterocycles. The smallest absolute Gasteiger partial charge is 0.265 e. The molecule has 0 atom stereocenters. The SMILES string of the molecule is O=C(Nc1cccc(C(=O)C2CC2)c1)c1cccs1. The fourth-order valence-electron chi connectivity index (χ4n) is 1.93. The Bertz CT molecular complexity index is 615. The van der Waals surface area contributed by atoms with Crippen LogP contribution in [0, 0.1) is 5.92 Å². The number of hydrogen-bond donors (Lipinski definition) is 1. The molecule has 1 aliphatic carbocycles. The summed E-state index contributed by atoms with van der Waals surface area (Å²) in [5, 5.41) is 4.68. The van der Waals surface area contributed by atoms with Gasteiger partial charge in [-0.25, -0.2) is 0 Å². The minimum absolute atomic E-state index is 0.133. The van der Waals surface area contributed by atoms with Gasteiger partial charge in [-0.05, 0) is 36.4 Å². The van der Waals surface area contributed by atoms with Crippen molar-refractivity contribution in [1.82, 2.24) is 0 Å². The van der Waals surface area contributed by atoms with E-state index in [1.165, 1.54) is 11.3 Å². The van der Waals surface area contributed by atoms with Gasteiger partial charge in [0, 0.05) is 17.2 Å². The van der Waals surface area contributed by atoms with Crippen molar-refractivity contribution in [1.29, 1.82) is 0 Å². The second-order valence-corrected chi connectivity index (χ2v) is 5.60. The summed E-state index contributed by atoms with van der Waals surface area (Å²) in [7, 11) is 0. The maximum Gasteiger partial charge on any atom is 0.265 e. The molecule has 96 valence electrons. The van der Waals surface area contributed by atoms with Crippen LogP contribution >= 0.6 is 11.3 Å². The molecule has 0 spiro atoms. The zero-order chi connectivity index (χ0) is 13.2. The van der Waals surface area contributed by atoms with Crippen molar-refractivity contribution in [3.8, 4) is 0 Å².